The Morgan fingerprint density at radius 1 is 1.22 bits per heavy atom. The molecule has 0 fully saturated rings. The summed E-state index contributed by atoms with van der Waals surface area (Å²) in [7, 11) is 0.353. The lowest BCUT2D eigenvalue weighted by molar-refractivity contribution is 0.0696. The van der Waals surface area contributed by atoms with Crippen LogP contribution in [0.15, 0.2) is 24.5 Å². The number of nitrogens with zero attached hydrogens (tertiary/aromatic N) is 5. The van der Waals surface area contributed by atoms with E-state index in [1.54, 1.807) is 11.6 Å². The molecule has 0 atom stereocenters. The highest BCUT2D eigenvalue weighted by molar-refractivity contribution is 6.76. The van der Waals surface area contributed by atoms with Crippen molar-refractivity contribution >= 4 is 36.1 Å². The molecular formula is C21H23F2N5O3Si. The Kier molecular flexibility index (Phi) is 5.55. The average Bonchev–Trinajstić information content (AvgIpc) is 3.23. The van der Waals surface area contributed by atoms with E-state index in [4.69, 9.17) is 4.74 Å². The van der Waals surface area contributed by atoms with Crippen LogP contribution in [0.5, 0.6) is 0 Å². The fourth-order valence-corrected chi connectivity index (χ4v) is 4.16. The van der Waals surface area contributed by atoms with Crippen LogP contribution in [0, 0.1) is 11.6 Å². The molecule has 8 nitrogen and oxygen atoms in total. The Labute approximate surface area is 183 Å². The van der Waals surface area contributed by atoms with Gasteiger partial charge in [0.15, 0.2) is 17.3 Å². The molecule has 4 aromatic rings. The molecule has 168 valence electrons. The number of aromatic nitrogens is 5. The number of carboxylic acids is 1. The number of aryl methyl sites for hydroxylation is 1. The summed E-state index contributed by atoms with van der Waals surface area (Å²) in [6.45, 7) is 7.47. The summed E-state index contributed by atoms with van der Waals surface area (Å²) < 4.78 is 36.3. The molecule has 4 rings (SSSR count). The van der Waals surface area contributed by atoms with Crippen molar-refractivity contribution in [2.75, 3.05) is 6.61 Å². The molecule has 0 saturated heterocycles. The van der Waals surface area contributed by atoms with E-state index < -0.39 is 25.7 Å². The average molecular weight is 460 g/mol. The molecule has 3 heterocycles. The topological polar surface area (TPSA) is 95.1 Å². The third-order valence-corrected chi connectivity index (χ3v) is 6.86. The highest BCUT2D eigenvalue weighted by atomic mass is 28.3. The summed E-state index contributed by atoms with van der Waals surface area (Å²) in [6.07, 6.45) is 2.88. The van der Waals surface area contributed by atoms with Gasteiger partial charge >= 0.3 is 5.97 Å². The van der Waals surface area contributed by atoms with Crippen molar-refractivity contribution in [3.63, 3.8) is 0 Å². The summed E-state index contributed by atoms with van der Waals surface area (Å²) in [4.78, 5) is 20.7. The van der Waals surface area contributed by atoms with E-state index in [0.29, 0.717) is 23.2 Å². The molecule has 0 unspecified atom stereocenters. The summed E-state index contributed by atoms with van der Waals surface area (Å²) in [6, 6.07) is 3.09. The predicted octanol–water partition coefficient (Wildman–Crippen LogP) is 4.27. The van der Waals surface area contributed by atoms with E-state index in [9.17, 15) is 18.7 Å². The first-order valence-electron chi connectivity index (χ1n) is 10.0. The number of carboxylic acid groups (broad SMARTS) is 1. The Morgan fingerprint density at radius 2 is 1.94 bits per heavy atom. The van der Waals surface area contributed by atoms with E-state index in [0.717, 1.165) is 18.2 Å². The highest BCUT2D eigenvalue weighted by Gasteiger charge is 2.21. The Balaban J connectivity index is 1.75. The largest absolute Gasteiger partial charge is 0.478 e. The molecule has 32 heavy (non-hydrogen) atoms. The molecule has 0 spiro atoms. The summed E-state index contributed by atoms with van der Waals surface area (Å²) >= 11 is 0. The minimum absolute atomic E-state index is 0.0272. The number of ether oxygens (including phenoxy) is 1. The number of hydrogen-bond donors (Lipinski definition) is 1. The van der Waals surface area contributed by atoms with Crippen molar-refractivity contribution in [1.29, 1.82) is 0 Å². The van der Waals surface area contributed by atoms with Crippen molar-refractivity contribution in [3.05, 3.63) is 41.7 Å². The van der Waals surface area contributed by atoms with Crippen LogP contribution >= 0.6 is 0 Å². The Bertz CT molecular complexity index is 1340. The first-order valence-corrected chi connectivity index (χ1v) is 13.7. The lowest BCUT2D eigenvalue weighted by Crippen LogP contribution is -2.22. The van der Waals surface area contributed by atoms with E-state index in [2.05, 4.69) is 34.7 Å². The third kappa shape index (κ3) is 4.13. The standard InChI is InChI=1S/C21H23F2N5O3Si/c1-27-17-8-15(23)14(22)7-12(17)18(26-27)16-9-24-20-19(25-16)13(21(29)30)10-28(20)11-31-5-6-32(2,3)4/h7-10H,5-6,11H2,1-4H3,(H,29,30). The number of rotatable bonds is 7. The van der Waals surface area contributed by atoms with Gasteiger partial charge in [-0.25, -0.2) is 23.5 Å². The van der Waals surface area contributed by atoms with Gasteiger partial charge in [0.2, 0.25) is 0 Å². The molecule has 0 bridgehead atoms. The minimum atomic E-state index is -1.25. The van der Waals surface area contributed by atoms with Gasteiger partial charge in [0.05, 0.1) is 11.7 Å². The number of fused-ring (bicyclic) bond motifs is 2. The second-order valence-corrected chi connectivity index (χ2v) is 14.5. The normalized spacial score (nSPS) is 12.2. The number of hydrogen-bond acceptors (Lipinski definition) is 5. The van der Waals surface area contributed by atoms with Gasteiger partial charge in [-0.15, -0.1) is 0 Å². The van der Waals surface area contributed by atoms with E-state index in [1.165, 1.54) is 17.1 Å². The lowest BCUT2D eigenvalue weighted by atomic mass is 10.1. The molecule has 1 N–H and O–H groups in total. The third-order valence-electron chi connectivity index (χ3n) is 5.16. The molecule has 11 heteroatoms. The number of carbonyl (C=O) groups is 1. The quantitative estimate of drug-likeness (QED) is 0.328. The molecule has 1 aromatic carbocycles. The monoisotopic (exact) mass is 459 g/mol. The lowest BCUT2D eigenvalue weighted by Gasteiger charge is -2.15. The van der Waals surface area contributed by atoms with E-state index in [-0.39, 0.29) is 29.2 Å². The fourth-order valence-electron chi connectivity index (χ4n) is 3.40. The van der Waals surface area contributed by atoms with Crippen LogP contribution in [0.4, 0.5) is 8.78 Å². The molecular weight excluding hydrogens is 436 g/mol. The van der Waals surface area contributed by atoms with Gasteiger partial charge in [-0.1, -0.05) is 19.6 Å². The highest BCUT2D eigenvalue weighted by Crippen LogP contribution is 2.29. The Morgan fingerprint density at radius 3 is 2.62 bits per heavy atom. The van der Waals surface area contributed by atoms with Crippen molar-refractivity contribution < 1.29 is 23.4 Å². The first-order chi connectivity index (χ1) is 15.0. The second kappa shape index (κ2) is 8.06. The van der Waals surface area contributed by atoms with Gasteiger partial charge in [-0.3, -0.25) is 4.68 Å². The van der Waals surface area contributed by atoms with Crippen molar-refractivity contribution in [2.24, 2.45) is 7.05 Å². The van der Waals surface area contributed by atoms with Gasteiger partial charge in [0, 0.05) is 39.4 Å². The minimum Gasteiger partial charge on any atom is -0.478 e. The molecule has 3 aromatic heterocycles. The summed E-state index contributed by atoms with van der Waals surface area (Å²) in [5, 5.41) is 14.3. The predicted molar refractivity (Wildman–Crippen MR) is 118 cm³/mol. The summed E-state index contributed by atoms with van der Waals surface area (Å²) in [5.74, 6) is -3.14. The van der Waals surface area contributed by atoms with Gasteiger partial charge in [0.1, 0.15) is 29.2 Å². The van der Waals surface area contributed by atoms with Gasteiger partial charge in [-0.05, 0) is 12.1 Å². The Hall–Kier alpha value is -3.18. The maximum Gasteiger partial charge on any atom is 0.339 e. The van der Waals surface area contributed by atoms with Crippen LogP contribution in [-0.4, -0.2) is 50.1 Å². The van der Waals surface area contributed by atoms with Gasteiger partial charge in [-0.2, -0.15) is 5.10 Å². The molecule has 0 radical (unpaired) electrons. The number of halogens is 2. The summed E-state index contributed by atoms with van der Waals surface area (Å²) in [5.41, 5.74) is 1.43. The SMILES string of the molecule is Cn1nc(-c2cnc3c(n2)c(C(=O)O)cn3COCC[Si](C)(C)C)c2cc(F)c(F)cc21. The van der Waals surface area contributed by atoms with Gasteiger partial charge in [0.25, 0.3) is 0 Å². The van der Waals surface area contributed by atoms with E-state index >= 15 is 0 Å². The van der Waals surface area contributed by atoms with Crippen molar-refractivity contribution in [3.8, 4) is 11.4 Å². The zero-order chi connectivity index (χ0) is 23.2. The van der Waals surface area contributed by atoms with Crippen LogP contribution < -0.4 is 0 Å². The zero-order valence-electron chi connectivity index (χ0n) is 18.2. The number of benzene rings is 1. The first kappa shape index (κ1) is 22.0. The van der Waals surface area contributed by atoms with Crippen LogP contribution in [0.3, 0.4) is 0 Å². The smallest absolute Gasteiger partial charge is 0.339 e. The molecule has 0 aliphatic rings. The van der Waals surface area contributed by atoms with Crippen molar-refractivity contribution in [2.45, 2.75) is 32.4 Å². The molecule has 0 saturated carbocycles. The van der Waals surface area contributed by atoms with Crippen LogP contribution in [0.2, 0.25) is 25.7 Å². The second-order valence-electron chi connectivity index (χ2n) is 8.85. The maximum atomic E-state index is 13.9. The molecule has 0 amide bonds. The fraction of sp³-hybridized carbons (Fsp3) is 0.333. The van der Waals surface area contributed by atoms with Crippen LogP contribution in [0.25, 0.3) is 33.5 Å². The van der Waals surface area contributed by atoms with Crippen LogP contribution in [0.1, 0.15) is 10.4 Å². The molecule has 0 aliphatic heterocycles. The number of aromatic carboxylic acids is 1. The zero-order valence-corrected chi connectivity index (χ0v) is 19.2. The van der Waals surface area contributed by atoms with Crippen LogP contribution in [-0.2, 0) is 18.5 Å². The van der Waals surface area contributed by atoms with E-state index in [1.807, 2.05) is 0 Å². The van der Waals surface area contributed by atoms with Gasteiger partial charge < -0.3 is 14.4 Å². The van der Waals surface area contributed by atoms with Crippen molar-refractivity contribution in [1.82, 2.24) is 24.3 Å². The molecule has 0 aliphatic carbocycles. The maximum absolute atomic E-state index is 13.9.